The third-order valence-electron chi connectivity index (χ3n) is 4.06. The molecule has 1 aliphatic rings. The van der Waals surface area contributed by atoms with Crippen LogP contribution in [0.25, 0.3) is 0 Å². The van der Waals surface area contributed by atoms with Crippen LogP contribution < -0.4 is 4.90 Å². The van der Waals surface area contributed by atoms with Crippen molar-refractivity contribution in [3.8, 4) is 0 Å². The van der Waals surface area contributed by atoms with E-state index in [1.54, 1.807) is 6.20 Å². The summed E-state index contributed by atoms with van der Waals surface area (Å²) in [4.78, 5) is 20.5. The van der Waals surface area contributed by atoms with E-state index in [1.165, 1.54) is 32.1 Å². The van der Waals surface area contributed by atoms with Crippen LogP contribution in [0.15, 0.2) is 18.3 Å². The van der Waals surface area contributed by atoms with Gasteiger partial charge in [0, 0.05) is 33.9 Å². The van der Waals surface area contributed by atoms with Crippen molar-refractivity contribution in [1.29, 1.82) is 0 Å². The number of aromatic nitrogens is 1. The van der Waals surface area contributed by atoms with Gasteiger partial charge in [-0.2, -0.15) is 0 Å². The SMILES string of the molecule is CN(CC1CCCCC1)C(=O)c1ccc(N(C)C)nc1. The van der Waals surface area contributed by atoms with E-state index in [0.717, 1.165) is 12.4 Å². The molecule has 0 unspecified atom stereocenters. The zero-order valence-electron chi connectivity index (χ0n) is 12.8. The minimum absolute atomic E-state index is 0.0772. The molecule has 1 saturated carbocycles. The first-order valence-electron chi connectivity index (χ1n) is 7.47. The number of rotatable bonds is 4. The second-order valence-electron chi connectivity index (χ2n) is 5.99. The summed E-state index contributed by atoms with van der Waals surface area (Å²) in [6.45, 7) is 0.869. The van der Waals surface area contributed by atoms with Gasteiger partial charge < -0.3 is 9.80 Å². The van der Waals surface area contributed by atoms with Crippen molar-refractivity contribution < 1.29 is 4.79 Å². The van der Waals surface area contributed by atoms with Gasteiger partial charge in [0.05, 0.1) is 5.56 Å². The summed E-state index contributed by atoms with van der Waals surface area (Å²) in [7, 11) is 5.79. The average Bonchev–Trinajstić information content (AvgIpc) is 2.47. The Morgan fingerprint density at radius 2 is 1.90 bits per heavy atom. The minimum Gasteiger partial charge on any atom is -0.363 e. The van der Waals surface area contributed by atoms with Gasteiger partial charge in [0.15, 0.2) is 0 Å². The number of anilines is 1. The van der Waals surface area contributed by atoms with Crippen molar-refractivity contribution in [2.75, 3.05) is 32.6 Å². The molecule has 0 saturated heterocycles. The fourth-order valence-corrected chi connectivity index (χ4v) is 2.84. The molecule has 20 heavy (non-hydrogen) atoms. The highest BCUT2D eigenvalue weighted by Crippen LogP contribution is 2.24. The number of carbonyl (C=O) groups excluding carboxylic acids is 1. The molecule has 1 aliphatic carbocycles. The van der Waals surface area contributed by atoms with E-state index in [4.69, 9.17) is 0 Å². The van der Waals surface area contributed by atoms with E-state index in [-0.39, 0.29) is 5.91 Å². The Labute approximate surface area is 121 Å². The summed E-state index contributed by atoms with van der Waals surface area (Å²) in [5.41, 5.74) is 0.675. The van der Waals surface area contributed by atoms with E-state index in [9.17, 15) is 4.79 Å². The number of nitrogens with zero attached hydrogens (tertiary/aromatic N) is 3. The Morgan fingerprint density at radius 1 is 1.20 bits per heavy atom. The molecule has 1 fully saturated rings. The standard InChI is InChI=1S/C16H25N3O/c1-18(2)15-10-9-14(11-17-15)16(20)19(3)12-13-7-5-4-6-8-13/h9-11,13H,4-8,12H2,1-3H3. The lowest BCUT2D eigenvalue weighted by Crippen LogP contribution is -2.32. The molecule has 0 radical (unpaired) electrons. The maximum Gasteiger partial charge on any atom is 0.255 e. The highest BCUT2D eigenvalue weighted by molar-refractivity contribution is 5.93. The largest absolute Gasteiger partial charge is 0.363 e. The Balaban J connectivity index is 1.95. The van der Waals surface area contributed by atoms with Crippen molar-refractivity contribution in [1.82, 2.24) is 9.88 Å². The molecule has 0 aliphatic heterocycles. The van der Waals surface area contributed by atoms with Gasteiger partial charge in [-0.1, -0.05) is 19.3 Å². The molecule has 1 heterocycles. The van der Waals surface area contributed by atoms with Crippen LogP contribution in [0.1, 0.15) is 42.5 Å². The van der Waals surface area contributed by atoms with E-state index in [1.807, 2.05) is 43.1 Å². The number of carbonyl (C=O) groups is 1. The normalized spacial score (nSPS) is 15.9. The second kappa shape index (κ2) is 6.73. The lowest BCUT2D eigenvalue weighted by atomic mass is 9.89. The first kappa shape index (κ1) is 14.8. The van der Waals surface area contributed by atoms with Gasteiger partial charge in [0.25, 0.3) is 5.91 Å². The molecule has 0 bridgehead atoms. The molecule has 4 nitrogen and oxygen atoms in total. The van der Waals surface area contributed by atoms with Crippen molar-refractivity contribution in [3.05, 3.63) is 23.9 Å². The maximum absolute atomic E-state index is 12.4. The predicted octanol–water partition coefficient (Wildman–Crippen LogP) is 2.80. The number of hydrogen-bond acceptors (Lipinski definition) is 3. The van der Waals surface area contributed by atoms with Gasteiger partial charge in [0.2, 0.25) is 0 Å². The number of amides is 1. The molecule has 0 spiro atoms. The van der Waals surface area contributed by atoms with Crippen molar-refractivity contribution >= 4 is 11.7 Å². The second-order valence-corrected chi connectivity index (χ2v) is 5.99. The van der Waals surface area contributed by atoms with Gasteiger partial charge in [-0.3, -0.25) is 4.79 Å². The summed E-state index contributed by atoms with van der Waals surface area (Å²) in [6, 6.07) is 3.75. The van der Waals surface area contributed by atoms with E-state index in [2.05, 4.69) is 4.98 Å². The first-order chi connectivity index (χ1) is 9.58. The van der Waals surface area contributed by atoms with Crippen LogP contribution >= 0.6 is 0 Å². The molecule has 0 N–H and O–H groups in total. The van der Waals surface area contributed by atoms with E-state index >= 15 is 0 Å². The first-order valence-corrected chi connectivity index (χ1v) is 7.47. The smallest absolute Gasteiger partial charge is 0.255 e. The molecule has 0 aromatic carbocycles. The van der Waals surface area contributed by atoms with Crippen molar-refractivity contribution in [2.45, 2.75) is 32.1 Å². The highest BCUT2D eigenvalue weighted by Gasteiger charge is 2.19. The number of pyridine rings is 1. The van der Waals surface area contributed by atoms with Gasteiger partial charge >= 0.3 is 0 Å². The molecule has 1 aromatic rings. The van der Waals surface area contributed by atoms with E-state index in [0.29, 0.717) is 11.5 Å². The zero-order chi connectivity index (χ0) is 14.5. The third-order valence-corrected chi connectivity index (χ3v) is 4.06. The molecule has 4 heteroatoms. The third kappa shape index (κ3) is 3.71. The van der Waals surface area contributed by atoms with Crippen LogP contribution in [0.4, 0.5) is 5.82 Å². The van der Waals surface area contributed by atoms with Gasteiger partial charge in [0.1, 0.15) is 5.82 Å². The van der Waals surface area contributed by atoms with Crippen LogP contribution in [0, 0.1) is 5.92 Å². The van der Waals surface area contributed by atoms with Crippen LogP contribution in [-0.2, 0) is 0 Å². The summed E-state index contributed by atoms with van der Waals surface area (Å²) in [5, 5.41) is 0. The van der Waals surface area contributed by atoms with Crippen LogP contribution in [0.3, 0.4) is 0 Å². The quantitative estimate of drug-likeness (QED) is 0.848. The number of hydrogen-bond donors (Lipinski definition) is 0. The lowest BCUT2D eigenvalue weighted by molar-refractivity contribution is 0.0760. The maximum atomic E-state index is 12.4. The Hall–Kier alpha value is -1.58. The fourth-order valence-electron chi connectivity index (χ4n) is 2.84. The average molecular weight is 275 g/mol. The summed E-state index contributed by atoms with van der Waals surface area (Å²) >= 11 is 0. The van der Waals surface area contributed by atoms with Gasteiger partial charge in [-0.05, 0) is 30.9 Å². The fraction of sp³-hybridized carbons (Fsp3) is 0.625. The topological polar surface area (TPSA) is 36.4 Å². The molecule has 0 atom stereocenters. The summed E-state index contributed by atoms with van der Waals surface area (Å²) < 4.78 is 0. The molecule has 2 rings (SSSR count). The van der Waals surface area contributed by atoms with Crippen molar-refractivity contribution in [3.63, 3.8) is 0 Å². The Bertz CT molecular complexity index is 436. The molecule has 1 aromatic heterocycles. The van der Waals surface area contributed by atoms with E-state index < -0.39 is 0 Å². The highest BCUT2D eigenvalue weighted by atomic mass is 16.2. The van der Waals surface area contributed by atoms with Crippen LogP contribution in [0.2, 0.25) is 0 Å². The molecule has 1 amide bonds. The molecular weight excluding hydrogens is 250 g/mol. The Kier molecular flexibility index (Phi) is 4.99. The van der Waals surface area contributed by atoms with Crippen LogP contribution in [-0.4, -0.2) is 43.5 Å². The minimum atomic E-state index is 0.0772. The lowest BCUT2D eigenvalue weighted by Gasteiger charge is -2.27. The van der Waals surface area contributed by atoms with Gasteiger partial charge in [-0.15, -0.1) is 0 Å². The monoisotopic (exact) mass is 275 g/mol. The summed E-state index contributed by atoms with van der Waals surface area (Å²) in [5.74, 6) is 1.62. The molecular formula is C16H25N3O. The Morgan fingerprint density at radius 3 is 2.45 bits per heavy atom. The zero-order valence-corrected chi connectivity index (χ0v) is 12.8. The van der Waals surface area contributed by atoms with Crippen molar-refractivity contribution in [2.24, 2.45) is 5.92 Å². The molecule has 110 valence electrons. The summed E-state index contributed by atoms with van der Waals surface area (Å²) in [6.07, 6.45) is 8.17. The van der Waals surface area contributed by atoms with Crippen LogP contribution in [0.5, 0.6) is 0 Å². The van der Waals surface area contributed by atoms with Gasteiger partial charge in [-0.25, -0.2) is 4.98 Å². The predicted molar refractivity (Wildman–Crippen MR) is 82.1 cm³/mol.